The van der Waals surface area contributed by atoms with Crippen molar-refractivity contribution in [2.24, 2.45) is 11.3 Å². The number of carbonyl (C=O) groups excluding carboxylic acids is 1. The van der Waals surface area contributed by atoms with Crippen molar-refractivity contribution in [3.63, 3.8) is 0 Å². The van der Waals surface area contributed by atoms with E-state index in [0.717, 1.165) is 48.4 Å². The van der Waals surface area contributed by atoms with Crippen LogP contribution in [-0.4, -0.2) is 39.2 Å². The summed E-state index contributed by atoms with van der Waals surface area (Å²) in [7, 11) is 3.73. The van der Waals surface area contributed by atoms with Crippen LogP contribution in [-0.2, 0) is 9.53 Å². The van der Waals surface area contributed by atoms with Gasteiger partial charge in [0.25, 0.3) is 0 Å². The van der Waals surface area contributed by atoms with Crippen LogP contribution in [0.4, 0.5) is 18.9 Å². The van der Waals surface area contributed by atoms with E-state index in [1.54, 1.807) is 19.2 Å². The first-order valence-electron chi connectivity index (χ1n) is 16.3. The zero-order chi connectivity index (χ0) is 34.7. The highest BCUT2D eigenvalue weighted by Gasteiger charge is 2.62. The number of anilines is 1. The second kappa shape index (κ2) is 26.5. The summed E-state index contributed by atoms with van der Waals surface area (Å²) in [4.78, 5) is 11.9. The van der Waals surface area contributed by atoms with Gasteiger partial charge in [0.15, 0.2) is 0 Å². The molecule has 0 aliphatic heterocycles. The Bertz CT molecular complexity index is 1000. The van der Waals surface area contributed by atoms with Gasteiger partial charge in [-0.3, -0.25) is 0 Å². The maximum atomic E-state index is 12.6. The molecule has 4 nitrogen and oxygen atoms in total. The predicted octanol–water partition coefficient (Wildman–Crippen LogP) is 10.5. The Labute approximate surface area is 277 Å². The number of nitrogens with one attached hydrogen (secondary N) is 2. The molecule has 0 amide bonds. The van der Waals surface area contributed by atoms with Crippen molar-refractivity contribution in [2.75, 3.05) is 26.0 Å². The number of carbonyl (C=O) groups is 1. The Morgan fingerprint density at radius 2 is 1.60 bits per heavy atom. The molecule has 0 unspecified atom stereocenters. The molecule has 2 N–H and O–H groups in total. The van der Waals surface area contributed by atoms with Crippen LogP contribution < -0.4 is 10.6 Å². The molecular weight excluding hydrogens is 593 g/mol. The van der Waals surface area contributed by atoms with Crippen molar-refractivity contribution in [3.05, 3.63) is 40.8 Å². The minimum absolute atomic E-state index is 0.132. The third-order valence-electron chi connectivity index (χ3n) is 7.29. The summed E-state index contributed by atoms with van der Waals surface area (Å²) in [6.45, 7) is 16.1. The third kappa shape index (κ3) is 19.4. The normalized spacial score (nSPS) is 16.4. The van der Waals surface area contributed by atoms with E-state index < -0.39 is 11.6 Å². The summed E-state index contributed by atoms with van der Waals surface area (Å²) in [5.74, 6) is 6.41. The minimum atomic E-state index is -4.20. The van der Waals surface area contributed by atoms with Crippen LogP contribution in [0.15, 0.2) is 31.1 Å². The van der Waals surface area contributed by atoms with Crippen LogP contribution in [0.5, 0.6) is 0 Å². The molecule has 1 aromatic rings. The van der Waals surface area contributed by atoms with Gasteiger partial charge in [-0.15, -0.1) is 30.8 Å². The fourth-order valence-electron chi connectivity index (χ4n) is 4.59. The van der Waals surface area contributed by atoms with E-state index in [4.69, 9.17) is 4.74 Å². The van der Waals surface area contributed by atoms with Gasteiger partial charge in [0.2, 0.25) is 0 Å². The lowest BCUT2D eigenvalue weighted by molar-refractivity contribution is -0.168. The third-order valence-corrected chi connectivity index (χ3v) is 8.25. The number of alkyl halides is 3. The fraction of sp³-hybridized carbons (Fsp3) is 0.649. The number of rotatable bonds is 7. The van der Waals surface area contributed by atoms with Gasteiger partial charge in [-0.2, -0.15) is 13.2 Å². The molecule has 0 atom stereocenters. The lowest BCUT2D eigenvalue weighted by Gasteiger charge is -2.24. The standard InChI is InChI=1S/C12H12F3NS.C11H21NO.C7H12O.C3H6.C2H6.C2H2/c1-8-10(16-2)7-9(17-8)3-4-11(5-6-11)12(13,14)15;1-10(8-9-12-2)13-11-6-4-3-5-7-11;8-6-7-4-2-1-3-5-7;1-3-2;2*1-2/h7,16H,5-6H2,1-2H3;11-12H,1,3-9H2,2H3;6-7H,1-5H2;3H,1H2,2H3;1-2H3;1-2H. The van der Waals surface area contributed by atoms with Crippen LogP contribution in [0.3, 0.4) is 0 Å². The summed E-state index contributed by atoms with van der Waals surface area (Å²) in [5, 5.41) is 6.07. The maximum Gasteiger partial charge on any atom is 0.405 e. The molecule has 0 aromatic carbocycles. The molecule has 4 rings (SSSR count). The topological polar surface area (TPSA) is 50.4 Å². The average molecular weight is 653 g/mol. The van der Waals surface area contributed by atoms with E-state index >= 15 is 0 Å². The van der Waals surface area contributed by atoms with Gasteiger partial charge in [-0.05, 0) is 78.3 Å². The number of aryl methyl sites for hydroxylation is 1. The van der Waals surface area contributed by atoms with E-state index in [1.807, 2.05) is 34.7 Å². The van der Waals surface area contributed by atoms with Crippen molar-refractivity contribution >= 4 is 23.3 Å². The van der Waals surface area contributed by atoms with Crippen LogP contribution in [0, 0.1) is 42.9 Å². The van der Waals surface area contributed by atoms with Gasteiger partial charge in [-0.25, -0.2) is 0 Å². The molecule has 1 aromatic heterocycles. The van der Waals surface area contributed by atoms with Gasteiger partial charge in [-0.1, -0.05) is 64.0 Å². The summed E-state index contributed by atoms with van der Waals surface area (Å²) < 4.78 is 43.7. The number of hydrogen-bond donors (Lipinski definition) is 2. The molecule has 3 aliphatic carbocycles. The highest BCUT2D eigenvalue weighted by Crippen LogP contribution is 2.57. The Kier molecular flexibility index (Phi) is 26.2. The average Bonchev–Trinajstić information content (AvgIpc) is 3.79. The van der Waals surface area contributed by atoms with E-state index in [1.165, 1.54) is 62.7 Å². The number of thiophene rings is 1. The predicted molar refractivity (Wildman–Crippen MR) is 189 cm³/mol. The Balaban J connectivity index is 0. The number of ether oxygens (including phenoxy) is 1. The molecule has 3 aliphatic rings. The lowest BCUT2D eigenvalue weighted by Crippen LogP contribution is -2.22. The molecule has 8 heteroatoms. The Morgan fingerprint density at radius 1 is 1.09 bits per heavy atom. The summed E-state index contributed by atoms with van der Waals surface area (Å²) >= 11 is 1.41. The summed E-state index contributed by atoms with van der Waals surface area (Å²) in [6.07, 6.45) is 20.9. The molecule has 45 heavy (non-hydrogen) atoms. The Morgan fingerprint density at radius 3 is 1.98 bits per heavy atom. The molecule has 3 saturated carbocycles. The fourth-order valence-corrected chi connectivity index (χ4v) is 5.47. The second-order valence-corrected chi connectivity index (χ2v) is 12.1. The van der Waals surface area contributed by atoms with E-state index in [0.29, 0.717) is 16.9 Å². The van der Waals surface area contributed by atoms with Crippen LogP contribution in [0.1, 0.15) is 114 Å². The highest BCUT2D eigenvalue weighted by atomic mass is 32.1. The van der Waals surface area contributed by atoms with Gasteiger partial charge in [0.1, 0.15) is 11.7 Å². The number of halogens is 3. The maximum absolute atomic E-state index is 12.6. The highest BCUT2D eigenvalue weighted by molar-refractivity contribution is 7.13. The van der Waals surface area contributed by atoms with E-state index in [9.17, 15) is 18.0 Å². The SMILES string of the molecule is C#C.C=C(CCNC)OC1CCCCC1.C=CC.CC.CNc1cc(C#CC2(C(F)(F)F)CC2)sc1C.O=CC1CCCCC1. The smallest absolute Gasteiger partial charge is 0.405 e. The number of allylic oxidation sites excluding steroid dienone is 1. The minimum Gasteiger partial charge on any atom is -0.495 e. The molecule has 0 spiro atoms. The first kappa shape index (κ1) is 44.4. The van der Waals surface area contributed by atoms with Crippen molar-refractivity contribution in [2.45, 2.75) is 123 Å². The number of aldehydes is 1. The quantitative estimate of drug-likeness (QED) is 0.133. The molecule has 0 bridgehead atoms. The first-order chi connectivity index (χ1) is 21.5. The molecule has 1 heterocycles. The van der Waals surface area contributed by atoms with E-state index in [-0.39, 0.29) is 12.8 Å². The molecule has 3 fully saturated rings. The molecular formula is C37H59F3N2O2S. The van der Waals surface area contributed by atoms with Crippen LogP contribution in [0.2, 0.25) is 0 Å². The monoisotopic (exact) mass is 652 g/mol. The van der Waals surface area contributed by atoms with Crippen molar-refractivity contribution < 1.29 is 22.7 Å². The molecule has 256 valence electrons. The second-order valence-electron chi connectivity index (χ2n) is 10.9. The molecule has 0 saturated heterocycles. The number of terminal acetylenes is 1. The van der Waals surface area contributed by atoms with Gasteiger partial charge in [0.05, 0.1) is 16.7 Å². The largest absolute Gasteiger partial charge is 0.495 e. The number of hydrogen-bond acceptors (Lipinski definition) is 5. The zero-order valence-corrected chi connectivity index (χ0v) is 29.5. The first-order valence-corrected chi connectivity index (χ1v) is 17.1. The summed E-state index contributed by atoms with van der Waals surface area (Å²) in [5.41, 5.74) is -0.804. The Hall–Kier alpha value is -2.68. The summed E-state index contributed by atoms with van der Waals surface area (Å²) in [6, 6.07) is 1.79. The van der Waals surface area contributed by atoms with Gasteiger partial charge in [0, 0.05) is 36.5 Å². The van der Waals surface area contributed by atoms with Crippen LogP contribution in [0.25, 0.3) is 0 Å². The van der Waals surface area contributed by atoms with Crippen molar-refractivity contribution in [1.29, 1.82) is 0 Å². The van der Waals surface area contributed by atoms with Gasteiger partial charge < -0.3 is 20.2 Å². The lowest BCUT2D eigenvalue weighted by atomic mass is 9.91. The molecule has 0 radical (unpaired) electrons. The van der Waals surface area contributed by atoms with Gasteiger partial charge >= 0.3 is 6.18 Å². The zero-order valence-electron chi connectivity index (χ0n) is 28.7. The van der Waals surface area contributed by atoms with Crippen molar-refractivity contribution in [3.8, 4) is 24.7 Å². The van der Waals surface area contributed by atoms with Crippen LogP contribution >= 0.6 is 11.3 Å². The van der Waals surface area contributed by atoms with E-state index in [2.05, 4.69) is 48.5 Å². The van der Waals surface area contributed by atoms with Crippen molar-refractivity contribution in [1.82, 2.24) is 5.32 Å².